The number of fused-ring (bicyclic) bond motifs is 2. The first-order valence-corrected chi connectivity index (χ1v) is 14.1. The van der Waals surface area contributed by atoms with Gasteiger partial charge in [-0.1, -0.05) is 31.2 Å². The molecule has 190 valence electrons. The number of methoxy groups -OCH3 is 1. The first-order chi connectivity index (χ1) is 17.5. The van der Waals surface area contributed by atoms with E-state index >= 15 is 0 Å². The van der Waals surface area contributed by atoms with Crippen LogP contribution in [0.3, 0.4) is 0 Å². The zero-order valence-corrected chi connectivity index (χ0v) is 22.1. The first-order valence-electron chi connectivity index (χ1n) is 14.1. The van der Waals surface area contributed by atoms with Gasteiger partial charge in [-0.05, 0) is 110 Å². The van der Waals surface area contributed by atoms with Crippen LogP contribution in [0.4, 0.5) is 0 Å². The Labute approximate surface area is 215 Å². The van der Waals surface area contributed by atoms with Crippen molar-refractivity contribution in [1.29, 1.82) is 0 Å². The largest absolute Gasteiger partial charge is 0.383 e. The van der Waals surface area contributed by atoms with E-state index in [1.165, 1.54) is 60.4 Å². The van der Waals surface area contributed by atoms with E-state index in [0.29, 0.717) is 17.9 Å². The molecular formula is C32H40N2O2. The van der Waals surface area contributed by atoms with Crippen molar-refractivity contribution in [2.75, 3.05) is 27.3 Å². The van der Waals surface area contributed by atoms with Gasteiger partial charge in [0.25, 0.3) is 0 Å². The summed E-state index contributed by atoms with van der Waals surface area (Å²) in [6, 6.07) is 9.79. The van der Waals surface area contributed by atoms with Gasteiger partial charge in [-0.15, -0.1) is 0 Å². The molecule has 0 amide bonds. The molecule has 1 aromatic heterocycles. The highest BCUT2D eigenvalue weighted by molar-refractivity contribution is 5.82. The normalized spacial score (nSPS) is 38.9. The highest BCUT2D eigenvalue weighted by Gasteiger charge is 2.66. The van der Waals surface area contributed by atoms with E-state index in [1.54, 1.807) is 12.7 Å². The fourth-order valence-electron chi connectivity index (χ4n) is 9.04. The van der Waals surface area contributed by atoms with E-state index in [2.05, 4.69) is 60.3 Å². The molecule has 3 heterocycles. The maximum absolute atomic E-state index is 7.49. The first kappa shape index (κ1) is 23.1. The minimum absolute atomic E-state index is 0.0491. The number of aromatic nitrogens is 1. The summed E-state index contributed by atoms with van der Waals surface area (Å²) >= 11 is 0. The van der Waals surface area contributed by atoms with Gasteiger partial charge in [-0.2, -0.15) is 0 Å². The lowest BCUT2D eigenvalue weighted by Gasteiger charge is -2.55. The number of allylic oxidation sites excluding steroid dienone is 1. The van der Waals surface area contributed by atoms with E-state index in [0.717, 1.165) is 26.0 Å². The zero-order chi connectivity index (χ0) is 24.5. The maximum Gasteiger partial charge on any atom is 0.0974 e. The lowest BCUT2D eigenvalue weighted by atomic mass is 9.58. The Morgan fingerprint density at radius 2 is 2.06 bits per heavy atom. The van der Waals surface area contributed by atoms with E-state index in [9.17, 15) is 0 Å². The minimum atomic E-state index is -0.0867. The third-order valence-corrected chi connectivity index (χ3v) is 11.0. The number of ether oxygens (including phenoxy) is 2. The van der Waals surface area contributed by atoms with Crippen LogP contribution in [0.1, 0.15) is 69.8 Å². The maximum atomic E-state index is 7.49. The van der Waals surface area contributed by atoms with Crippen LogP contribution < -0.4 is 0 Å². The van der Waals surface area contributed by atoms with Crippen LogP contribution in [-0.4, -0.2) is 54.4 Å². The molecular weight excluding hydrogens is 444 g/mol. The van der Waals surface area contributed by atoms with Gasteiger partial charge in [-0.3, -0.25) is 4.98 Å². The summed E-state index contributed by atoms with van der Waals surface area (Å²) in [4.78, 5) is 6.90. The molecule has 36 heavy (non-hydrogen) atoms. The third kappa shape index (κ3) is 3.20. The Morgan fingerprint density at radius 1 is 1.14 bits per heavy atom. The van der Waals surface area contributed by atoms with Gasteiger partial charge >= 0.3 is 0 Å². The van der Waals surface area contributed by atoms with Crippen molar-refractivity contribution >= 4 is 10.8 Å². The number of hydrogen-bond acceptors (Lipinski definition) is 4. The lowest BCUT2D eigenvalue weighted by Crippen LogP contribution is -2.55. The van der Waals surface area contributed by atoms with Crippen molar-refractivity contribution in [1.82, 2.24) is 9.88 Å². The molecule has 2 aliphatic heterocycles. The summed E-state index contributed by atoms with van der Waals surface area (Å²) < 4.78 is 12.9. The van der Waals surface area contributed by atoms with E-state index in [-0.39, 0.29) is 16.6 Å². The van der Waals surface area contributed by atoms with E-state index < -0.39 is 0 Å². The zero-order valence-electron chi connectivity index (χ0n) is 22.1. The number of pyridine rings is 1. The van der Waals surface area contributed by atoms with Gasteiger partial charge in [0.2, 0.25) is 0 Å². The van der Waals surface area contributed by atoms with Crippen molar-refractivity contribution < 1.29 is 9.47 Å². The standard InChI is InChI=1S/C32H40N2O2/c1-30-12-10-26-19-25-6-7-27(34(2)16-17-35-3)20-31(25)13-14-32(26,36-31)29(30)9-8-28(30)23-5-4-22-11-15-33-21-24(22)18-23/h4-5,10-11,15,18-19,21,27-29H,6-9,12-14,16-17,20H2,1-3H3/t27?,28?,29-,30+,31-,32-/m1/s1. The molecule has 1 aromatic carbocycles. The number of benzene rings is 1. The summed E-state index contributed by atoms with van der Waals surface area (Å²) in [7, 11) is 4.07. The molecule has 4 heteroatoms. The molecule has 3 aliphatic carbocycles. The quantitative estimate of drug-likeness (QED) is 0.490. The molecule has 2 aromatic rings. The van der Waals surface area contributed by atoms with E-state index in [1.807, 2.05) is 12.4 Å². The van der Waals surface area contributed by atoms with Crippen LogP contribution in [0.5, 0.6) is 0 Å². The van der Waals surface area contributed by atoms with Crippen molar-refractivity contribution in [3.8, 4) is 0 Å². The second-order valence-electron chi connectivity index (χ2n) is 12.6. The van der Waals surface area contributed by atoms with Crippen LogP contribution in [0.2, 0.25) is 0 Å². The fraction of sp³-hybridized carbons (Fsp3) is 0.594. The van der Waals surface area contributed by atoms with Crippen LogP contribution in [0.15, 0.2) is 60.0 Å². The Morgan fingerprint density at radius 3 is 2.94 bits per heavy atom. The van der Waals surface area contributed by atoms with Crippen LogP contribution in [0.25, 0.3) is 10.8 Å². The highest BCUT2D eigenvalue weighted by Crippen LogP contribution is 2.69. The van der Waals surface area contributed by atoms with Gasteiger partial charge in [0.1, 0.15) is 0 Å². The highest BCUT2D eigenvalue weighted by atomic mass is 16.5. The van der Waals surface area contributed by atoms with Crippen molar-refractivity contribution in [2.24, 2.45) is 11.3 Å². The molecule has 1 saturated heterocycles. The molecule has 2 saturated carbocycles. The Bertz CT molecular complexity index is 1250. The Kier molecular flexibility index (Phi) is 5.30. The van der Waals surface area contributed by atoms with Gasteiger partial charge < -0.3 is 14.4 Å². The Balaban J connectivity index is 1.21. The second-order valence-corrected chi connectivity index (χ2v) is 12.6. The molecule has 2 unspecified atom stereocenters. The summed E-state index contributed by atoms with van der Waals surface area (Å²) in [5.41, 5.74) is 4.69. The molecule has 0 radical (unpaired) electrons. The van der Waals surface area contributed by atoms with Crippen LogP contribution in [0, 0.1) is 11.3 Å². The fourth-order valence-corrected chi connectivity index (χ4v) is 9.04. The third-order valence-electron chi connectivity index (χ3n) is 11.0. The molecule has 2 bridgehead atoms. The Hall–Kier alpha value is -2.01. The number of hydrogen-bond donors (Lipinski definition) is 0. The van der Waals surface area contributed by atoms with Gasteiger partial charge in [0, 0.05) is 37.5 Å². The SMILES string of the molecule is COCCN(C)C1CCC2=CC3=CC[C@@]4(C)C(c5ccc6ccncc6c5)CC[C@H]4[C@@]34CC[C@]2(C1)O4. The number of likely N-dealkylation sites (N-methyl/N-ethyl adjacent to an activating group) is 1. The molecule has 7 rings (SSSR count). The van der Waals surface area contributed by atoms with Crippen LogP contribution >= 0.6 is 0 Å². The predicted octanol–water partition coefficient (Wildman–Crippen LogP) is 6.42. The van der Waals surface area contributed by atoms with Gasteiger partial charge in [0.15, 0.2) is 0 Å². The summed E-state index contributed by atoms with van der Waals surface area (Å²) in [5, 5.41) is 2.55. The molecule has 4 nitrogen and oxygen atoms in total. The monoisotopic (exact) mass is 484 g/mol. The van der Waals surface area contributed by atoms with E-state index in [4.69, 9.17) is 9.47 Å². The summed E-state index contributed by atoms with van der Waals surface area (Å²) in [5.74, 6) is 1.16. The minimum Gasteiger partial charge on any atom is -0.383 e. The molecule has 3 fully saturated rings. The lowest BCUT2D eigenvalue weighted by molar-refractivity contribution is -0.140. The molecule has 0 N–H and O–H groups in total. The van der Waals surface area contributed by atoms with Crippen molar-refractivity contribution in [3.63, 3.8) is 0 Å². The molecule has 6 atom stereocenters. The topological polar surface area (TPSA) is 34.6 Å². The van der Waals surface area contributed by atoms with Crippen molar-refractivity contribution in [2.45, 2.75) is 81.5 Å². The van der Waals surface area contributed by atoms with Gasteiger partial charge in [0.05, 0.1) is 17.8 Å². The smallest absolute Gasteiger partial charge is 0.0974 e. The average Bonchev–Trinajstić information content (AvgIpc) is 3.41. The summed E-state index contributed by atoms with van der Waals surface area (Å²) in [6.07, 6.45) is 18.7. The number of rotatable bonds is 5. The molecule has 2 spiro atoms. The summed E-state index contributed by atoms with van der Waals surface area (Å²) in [6.45, 7) is 4.36. The predicted molar refractivity (Wildman–Crippen MR) is 144 cm³/mol. The van der Waals surface area contributed by atoms with Crippen LogP contribution in [-0.2, 0) is 9.47 Å². The molecule has 5 aliphatic rings. The number of nitrogens with zero attached hydrogens (tertiary/aromatic N) is 2. The van der Waals surface area contributed by atoms with Crippen molar-refractivity contribution in [3.05, 3.63) is 65.5 Å². The van der Waals surface area contributed by atoms with Gasteiger partial charge in [-0.25, -0.2) is 0 Å². The average molecular weight is 485 g/mol. The second kappa shape index (κ2) is 8.24.